The summed E-state index contributed by atoms with van der Waals surface area (Å²) >= 11 is 12.4. The van der Waals surface area contributed by atoms with Crippen molar-refractivity contribution in [2.45, 2.75) is 77.9 Å². The van der Waals surface area contributed by atoms with Crippen LogP contribution in [0, 0.1) is 20.8 Å². The molecule has 226 valence electrons. The van der Waals surface area contributed by atoms with Crippen LogP contribution in [0.2, 0.25) is 10.0 Å². The van der Waals surface area contributed by atoms with Crippen molar-refractivity contribution in [1.82, 2.24) is 10.2 Å². The maximum absolute atomic E-state index is 14.2. The van der Waals surface area contributed by atoms with Crippen molar-refractivity contribution in [2.75, 3.05) is 10.8 Å². The summed E-state index contributed by atoms with van der Waals surface area (Å²) in [6.07, 6.45) is 1.04. The highest BCUT2D eigenvalue weighted by Crippen LogP contribution is 2.28. The molecule has 0 fully saturated rings. The molecule has 0 aromatic heterocycles. The normalized spacial score (nSPS) is 12.9. The second-order valence-electron chi connectivity index (χ2n) is 10.7. The van der Waals surface area contributed by atoms with Gasteiger partial charge in [-0.2, -0.15) is 0 Å². The van der Waals surface area contributed by atoms with Crippen LogP contribution in [0.25, 0.3) is 0 Å². The van der Waals surface area contributed by atoms with Gasteiger partial charge in [-0.05, 0) is 93.6 Å². The zero-order chi connectivity index (χ0) is 31.2. The van der Waals surface area contributed by atoms with Gasteiger partial charge in [0.1, 0.15) is 12.6 Å². The van der Waals surface area contributed by atoms with Crippen molar-refractivity contribution in [3.63, 3.8) is 0 Å². The lowest BCUT2D eigenvalue weighted by atomic mass is 10.1. The molecule has 0 unspecified atom stereocenters. The van der Waals surface area contributed by atoms with Crippen molar-refractivity contribution in [1.29, 1.82) is 0 Å². The SMILES string of the molecule is CC[C@@H](C)NC(=O)[C@@H](CC)N(Cc1ccc(Cl)c(Cl)c1)C(=O)CN(c1cc(C)cc(C)c1)S(=O)(=O)c1ccc(C)cc1. The average molecular weight is 633 g/mol. The second-order valence-corrected chi connectivity index (χ2v) is 13.4. The first-order valence-electron chi connectivity index (χ1n) is 14.0. The van der Waals surface area contributed by atoms with Gasteiger partial charge in [-0.25, -0.2) is 8.42 Å². The number of rotatable bonds is 12. The average Bonchev–Trinajstić information content (AvgIpc) is 2.92. The molecular weight excluding hydrogens is 593 g/mol. The summed E-state index contributed by atoms with van der Waals surface area (Å²) in [6, 6.07) is 16.0. The van der Waals surface area contributed by atoms with Gasteiger partial charge in [-0.1, -0.05) is 66.9 Å². The number of benzene rings is 3. The van der Waals surface area contributed by atoms with Gasteiger partial charge >= 0.3 is 0 Å². The van der Waals surface area contributed by atoms with Crippen LogP contribution >= 0.6 is 23.2 Å². The first-order chi connectivity index (χ1) is 19.8. The fourth-order valence-electron chi connectivity index (χ4n) is 4.66. The van der Waals surface area contributed by atoms with E-state index in [1.54, 1.807) is 42.5 Å². The van der Waals surface area contributed by atoms with Crippen molar-refractivity contribution in [2.24, 2.45) is 0 Å². The Morgan fingerprint density at radius 1 is 0.833 bits per heavy atom. The van der Waals surface area contributed by atoms with Gasteiger partial charge in [0.15, 0.2) is 0 Å². The van der Waals surface area contributed by atoms with Crippen LogP contribution in [-0.2, 0) is 26.2 Å². The largest absolute Gasteiger partial charge is 0.352 e. The predicted octanol–water partition coefficient (Wildman–Crippen LogP) is 6.84. The number of hydrogen-bond acceptors (Lipinski definition) is 4. The Kier molecular flexibility index (Phi) is 11.5. The van der Waals surface area contributed by atoms with E-state index < -0.39 is 28.5 Å². The van der Waals surface area contributed by atoms with Crippen molar-refractivity contribution in [3.8, 4) is 0 Å². The molecule has 42 heavy (non-hydrogen) atoms. The summed E-state index contributed by atoms with van der Waals surface area (Å²) in [5.74, 6) is -0.832. The molecule has 0 aliphatic rings. The lowest BCUT2D eigenvalue weighted by Crippen LogP contribution is -2.53. The minimum Gasteiger partial charge on any atom is -0.352 e. The third-order valence-electron chi connectivity index (χ3n) is 7.11. The predicted molar refractivity (Wildman–Crippen MR) is 171 cm³/mol. The van der Waals surface area contributed by atoms with Crippen LogP contribution < -0.4 is 9.62 Å². The molecule has 10 heteroatoms. The molecule has 7 nitrogen and oxygen atoms in total. The van der Waals surface area contributed by atoms with E-state index in [1.807, 2.05) is 47.6 Å². The Balaban J connectivity index is 2.11. The van der Waals surface area contributed by atoms with Crippen LogP contribution in [0.1, 0.15) is 55.9 Å². The van der Waals surface area contributed by atoms with Gasteiger partial charge in [0, 0.05) is 12.6 Å². The highest BCUT2D eigenvalue weighted by Gasteiger charge is 2.34. The quantitative estimate of drug-likeness (QED) is 0.237. The van der Waals surface area contributed by atoms with Crippen molar-refractivity contribution >= 4 is 50.7 Å². The number of halogens is 2. The molecule has 0 aliphatic carbocycles. The number of nitrogens with one attached hydrogen (secondary N) is 1. The second kappa shape index (κ2) is 14.4. The van der Waals surface area contributed by atoms with E-state index in [2.05, 4.69) is 5.32 Å². The standard InChI is InChI=1S/C32H39Cl2N3O4S/c1-7-24(6)35-32(39)30(8-2)36(19-25-11-14-28(33)29(34)18-25)31(38)20-37(26-16-22(4)15-23(5)17-26)42(40,41)27-12-9-21(3)10-13-27/h9-18,24,30H,7-8,19-20H2,1-6H3,(H,35,39)/t24-,30-/m1/s1. The van der Waals surface area contributed by atoms with Gasteiger partial charge < -0.3 is 10.2 Å². The number of anilines is 1. The molecule has 0 saturated heterocycles. The fourth-order valence-corrected chi connectivity index (χ4v) is 6.37. The van der Waals surface area contributed by atoms with Gasteiger partial charge in [0.05, 0.1) is 20.6 Å². The van der Waals surface area contributed by atoms with Gasteiger partial charge in [0.25, 0.3) is 10.0 Å². The molecule has 3 aromatic rings. The molecule has 0 bridgehead atoms. The number of sulfonamides is 1. The maximum atomic E-state index is 14.2. The molecule has 2 amide bonds. The zero-order valence-corrected chi connectivity index (χ0v) is 27.3. The van der Waals surface area contributed by atoms with E-state index in [1.165, 1.54) is 17.0 Å². The minimum atomic E-state index is -4.15. The third-order valence-corrected chi connectivity index (χ3v) is 9.63. The summed E-state index contributed by atoms with van der Waals surface area (Å²) in [4.78, 5) is 29.1. The fraction of sp³-hybridized carbons (Fsp3) is 0.375. The number of nitrogens with zero attached hydrogens (tertiary/aromatic N) is 2. The smallest absolute Gasteiger partial charge is 0.264 e. The summed E-state index contributed by atoms with van der Waals surface area (Å²) in [5, 5.41) is 3.65. The van der Waals surface area contributed by atoms with Gasteiger partial charge in [-0.15, -0.1) is 0 Å². The Morgan fingerprint density at radius 3 is 2.00 bits per heavy atom. The van der Waals surface area contributed by atoms with Gasteiger partial charge in [0.2, 0.25) is 11.8 Å². The van der Waals surface area contributed by atoms with Gasteiger partial charge in [-0.3, -0.25) is 13.9 Å². The molecule has 0 radical (unpaired) electrons. The number of carbonyl (C=O) groups excluding carboxylic acids is 2. The van der Waals surface area contributed by atoms with Crippen molar-refractivity contribution in [3.05, 3.63) is 93.0 Å². The molecular formula is C32H39Cl2N3O4S. The van der Waals surface area contributed by atoms with E-state index in [0.717, 1.165) is 27.4 Å². The summed E-state index contributed by atoms with van der Waals surface area (Å²) < 4.78 is 29.3. The van der Waals surface area contributed by atoms with Crippen LogP contribution in [0.5, 0.6) is 0 Å². The van der Waals surface area contributed by atoms with Crippen LogP contribution in [0.3, 0.4) is 0 Å². The molecule has 0 aliphatic heterocycles. The summed E-state index contributed by atoms with van der Waals surface area (Å²) in [5.41, 5.74) is 3.65. The molecule has 3 rings (SSSR count). The lowest BCUT2D eigenvalue weighted by Gasteiger charge is -2.34. The first-order valence-corrected chi connectivity index (χ1v) is 16.2. The summed E-state index contributed by atoms with van der Waals surface area (Å²) in [7, 11) is -4.15. The maximum Gasteiger partial charge on any atom is 0.264 e. The number of carbonyl (C=O) groups is 2. The zero-order valence-electron chi connectivity index (χ0n) is 24.9. The Hall–Kier alpha value is -3.07. The Bertz CT molecular complexity index is 1510. The van der Waals surface area contributed by atoms with E-state index >= 15 is 0 Å². The van der Waals surface area contributed by atoms with Crippen molar-refractivity contribution < 1.29 is 18.0 Å². The first kappa shape index (κ1) is 33.4. The Morgan fingerprint density at radius 2 is 1.45 bits per heavy atom. The lowest BCUT2D eigenvalue weighted by molar-refractivity contribution is -0.140. The van der Waals surface area contributed by atoms with E-state index in [9.17, 15) is 18.0 Å². The molecule has 2 atom stereocenters. The number of amides is 2. The minimum absolute atomic E-state index is 0.0351. The number of aryl methyl sites for hydroxylation is 3. The molecule has 0 heterocycles. The highest BCUT2D eigenvalue weighted by molar-refractivity contribution is 7.92. The molecule has 3 aromatic carbocycles. The third kappa shape index (κ3) is 8.27. The van der Waals surface area contributed by atoms with Crippen LogP contribution in [-0.4, -0.2) is 43.8 Å². The monoisotopic (exact) mass is 631 g/mol. The van der Waals surface area contributed by atoms with E-state index in [0.29, 0.717) is 27.7 Å². The topological polar surface area (TPSA) is 86.8 Å². The number of hydrogen-bond donors (Lipinski definition) is 1. The van der Waals surface area contributed by atoms with E-state index in [-0.39, 0.29) is 23.4 Å². The molecule has 0 saturated carbocycles. The Labute approximate surface area is 259 Å². The molecule has 0 spiro atoms. The van der Waals surface area contributed by atoms with E-state index in [4.69, 9.17) is 23.2 Å². The highest BCUT2D eigenvalue weighted by atomic mass is 35.5. The molecule has 1 N–H and O–H groups in total. The van der Waals surface area contributed by atoms with Crippen LogP contribution in [0.4, 0.5) is 5.69 Å². The van der Waals surface area contributed by atoms with Crippen LogP contribution in [0.15, 0.2) is 65.6 Å². The summed E-state index contributed by atoms with van der Waals surface area (Å²) in [6.45, 7) is 10.8.